The summed E-state index contributed by atoms with van der Waals surface area (Å²) in [5.74, 6) is -0.695. The van der Waals surface area contributed by atoms with Gasteiger partial charge in [-0.2, -0.15) is 0 Å². The molecule has 1 atom stereocenters. The second-order valence-electron chi connectivity index (χ2n) is 6.91. The van der Waals surface area contributed by atoms with Gasteiger partial charge in [-0.3, -0.25) is 9.59 Å². The van der Waals surface area contributed by atoms with E-state index < -0.39 is 5.92 Å². The first-order chi connectivity index (χ1) is 13.6. The minimum atomic E-state index is -0.414. The number of ether oxygens (including phenoxy) is 1. The normalized spacial score (nSPS) is 12.0. The van der Waals surface area contributed by atoms with Crippen molar-refractivity contribution in [1.29, 1.82) is 0 Å². The average molecular weight is 368 g/mol. The van der Waals surface area contributed by atoms with E-state index in [0.717, 1.165) is 21.9 Å². The summed E-state index contributed by atoms with van der Waals surface area (Å²) in [5.41, 5.74) is 1.79. The molecule has 0 aliphatic heterocycles. The van der Waals surface area contributed by atoms with Gasteiger partial charge in [-0.05, 0) is 28.8 Å². The summed E-state index contributed by atoms with van der Waals surface area (Å²) in [6.07, 6.45) is 0. The molecule has 3 nitrogen and oxygen atoms in total. The Morgan fingerprint density at radius 3 is 2.32 bits per heavy atom. The van der Waals surface area contributed by atoms with E-state index >= 15 is 0 Å². The third-order valence-electron chi connectivity index (χ3n) is 5.05. The van der Waals surface area contributed by atoms with Crippen LogP contribution in [0.3, 0.4) is 0 Å². The van der Waals surface area contributed by atoms with E-state index in [-0.39, 0.29) is 18.0 Å². The monoisotopic (exact) mass is 368 g/mol. The quantitative estimate of drug-likeness (QED) is 0.465. The fourth-order valence-electron chi connectivity index (χ4n) is 3.36. The van der Waals surface area contributed by atoms with Crippen molar-refractivity contribution in [3.05, 3.63) is 106 Å². The Morgan fingerprint density at radius 2 is 1.50 bits per heavy atom. The van der Waals surface area contributed by atoms with Crippen LogP contribution in [0.4, 0.5) is 0 Å². The molecule has 4 aromatic rings. The molecule has 0 N–H and O–H groups in total. The third kappa shape index (κ3) is 3.52. The van der Waals surface area contributed by atoms with Gasteiger partial charge in [0.15, 0.2) is 5.43 Å². The van der Waals surface area contributed by atoms with E-state index in [1.54, 1.807) is 6.07 Å². The van der Waals surface area contributed by atoms with Crippen LogP contribution >= 0.6 is 0 Å². The van der Waals surface area contributed by atoms with Gasteiger partial charge in [0.1, 0.15) is 6.61 Å². The lowest BCUT2D eigenvalue weighted by molar-refractivity contribution is -0.146. The van der Waals surface area contributed by atoms with Crippen LogP contribution in [-0.2, 0) is 16.1 Å². The molecule has 0 aromatic heterocycles. The minimum Gasteiger partial charge on any atom is -0.460 e. The van der Waals surface area contributed by atoms with Crippen LogP contribution in [-0.4, -0.2) is 5.97 Å². The molecule has 1 unspecified atom stereocenters. The van der Waals surface area contributed by atoms with E-state index in [1.807, 2.05) is 85.8 Å². The molecule has 0 bridgehead atoms. The highest BCUT2D eigenvalue weighted by Crippen LogP contribution is 2.23. The molecule has 0 fully saturated rings. The van der Waals surface area contributed by atoms with Crippen molar-refractivity contribution in [2.75, 3.05) is 0 Å². The fraction of sp³-hybridized carbons (Fsp3) is 0.120. The smallest absolute Gasteiger partial charge is 0.313 e. The molecule has 0 aliphatic rings. The van der Waals surface area contributed by atoms with E-state index in [1.165, 1.54) is 0 Å². The molecule has 0 saturated carbocycles. The molecule has 4 rings (SSSR count). The van der Waals surface area contributed by atoms with Crippen molar-refractivity contribution in [3.8, 4) is 0 Å². The maximum absolute atomic E-state index is 12.9. The maximum atomic E-state index is 12.9. The Hall–Kier alpha value is -3.46. The molecule has 0 saturated heterocycles. The number of fused-ring (bicyclic) bond motifs is 2. The molecule has 0 radical (unpaired) electrons. The molecule has 0 spiro atoms. The van der Waals surface area contributed by atoms with Gasteiger partial charge in [0.05, 0.1) is 5.92 Å². The minimum absolute atomic E-state index is 0.00135. The lowest BCUT2D eigenvalue weighted by atomic mass is 9.98. The van der Waals surface area contributed by atoms with Gasteiger partial charge in [0.2, 0.25) is 0 Å². The fourth-order valence-corrected chi connectivity index (χ4v) is 3.36. The predicted octanol–water partition coefficient (Wildman–Crippen LogP) is 5.20. The summed E-state index contributed by atoms with van der Waals surface area (Å²) < 4.78 is 5.46. The average Bonchev–Trinajstić information content (AvgIpc) is 2.89. The largest absolute Gasteiger partial charge is 0.460 e. The molecule has 3 heteroatoms. The zero-order valence-corrected chi connectivity index (χ0v) is 15.6. The Kier molecular flexibility index (Phi) is 4.90. The zero-order valence-electron chi connectivity index (χ0n) is 15.6. The van der Waals surface area contributed by atoms with Crippen LogP contribution in [0.25, 0.3) is 21.5 Å². The first-order valence-corrected chi connectivity index (χ1v) is 9.30. The van der Waals surface area contributed by atoms with Gasteiger partial charge in [-0.25, -0.2) is 0 Å². The third-order valence-corrected chi connectivity index (χ3v) is 5.05. The molecule has 0 aliphatic carbocycles. The first-order valence-electron chi connectivity index (χ1n) is 9.30. The van der Waals surface area contributed by atoms with Gasteiger partial charge in [-0.1, -0.05) is 84.9 Å². The van der Waals surface area contributed by atoms with Gasteiger partial charge in [0, 0.05) is 10.8 Å². The van der Waals surface area contributed by atoms with Crippen LogP contribution < -0.4 is 5.43 Å². The highest BCUT2D eigenvalue weighted by molar-refractivity contribution is 5.94. The molecule has 138 valence electrons. The van der Waals surface area contributed by atoms with Crippen molar-refractivity contribution in [3.63, 3.8) is 0 Å². The summed E-state index contributed by atoms with van der Waals surface area (Å²) >= 11 is 0. The molecule has 28 heavy (non-hydrogen) atoms. The summed E-state index contributed by atoms with van der Waals surface area (Å²) in [4.78, 5) is 25.4. The van der Waals surface area contributed by atoms with Crippen molar-refractivity contribution in [1.82, 2.24) is 0 Å². The van der Waals surface area contributed by atoms with E-state index in [4.69, 9.17) is 4.74 Å². The van der Waals surface area contributed by atoms with Crippen molar-refractivity contribution in [2.45, 2.75) is 19.4 Å². The standard InChI is InChI=1S/C25H20O3/c1-17(25(27)28-16-18-7-3-2-4-8-18)20-13-14-23-21(15-20)12-11-19-9-5-6-10-22(19)24(23)26/h2-15,17H,16H2,1H3. The van der Waals surface area contributed by atoms with Crippen LogP contribution in [0, 0.1) is 0 Å². The Balaban J connectivity index is 1.64. The van der Waals surface area contributed by atoms with Crippen molar-refractivity contribution < 1.29 is 9.53 Å². The van der Waals surface area contributed by atoms with E-state index in [2.05, 4.69) is 0 Å². The van der Waals surface area contributed by atoms with Gasteiger partial charge >= 0.3 is 5.97 Å². The Morgan fingerprint density at radius 1 is 0.821 bits per heavy atom. The SMILES string of the molecule is CC(C(=O)OCc1ccccc1)c1ccc2c(=O)c3ccccc3ccc2c1. The number of esters is 1. The number of hydrogen-bond donors (Lipinski definition) is 0. The lowest BCUT2D eigenvalue weighted by Crippen LogP contribution is -2.13. The maximum Gasteiger partial charge on any atom is 0.313 e. The molecule has 0 amide bonds. The summed E-state index contributed by atoms with van der Waals surface area (Å²) in [5, 5.41) is 3.07. The Labute approximate surface area is 163 Å². The van der Waals surface area contributed by atoms with E-state index in [0.29, 0.717) is 10.8 Å². The number of carbonyl (C=O) groups is 1. The first kappa shape index (κ1) is 17.9. The molecule has 0 heterocycles. The number of hydrogen-bond acceptors (Lipinski definition) is 3. The van der Waals surface area contributed by atoms with Crippen LogP contribution in [0.15, 0.2) is 89.7 Å². The molecule has 4 aromatic carbocycles. The predicted molar refractivity (Wildman–Crippen MR) is 112 cm³/mol. The highest BCUT2D eigenvalue weighted by atomic mass is 16.5. The second kappa shape index (κ2) is 7.65. The van der Waals surface area contributed by atoms with Crippen LogP contribution in [0.1, 0.15) is 24.0 Å². The van der Waals surface area contributed by atoms with Crippen molar-refractivity contribution >= 4 is 27.5 Å². The number of benzene rings is 3. The highest BCUT2D eigenvalue weighted by Gasteiger charge is 2.17. The summed E-state index contributed by atoms with van der Waals surface area (Å²) in [6, 6.07) is 26.6. The van der Waals surface area contributed by atoms with Crippen LogP contribution in [0.2, 0.25) is 0 Å². The summed E-state index contributed by atoms with van der Waals surface area (Å²) in [6.45, 7) is 2.08. The van der Waals surface area contributed by atoms with Gasteiger partial charge in [-0.15, -0.1) is 0 Å². The summed E-state index contributed by atoms with van der Waals surface area (Å²) in [7, 11) is 0. The van der Waals surface area contributed by atoms with Gasteiger partial charge in [0.25, 0.3) is 0 Å². The van der Waals surface area contributed by atoms with E-state index in [9.17, 15) is 9.59 Å². The topological polar surface area (TPSA) is 43.4 Å². The Bertz CT molecular complexity index is 1210. The van der Waals surface area contributed by atoms with Crippen LogP contribution in [0.5, 0.6) is 0 Å². The molecular formula is C25H20O3. The van der Waals surface area contributed by atoms with Gasteiger partial charge < -0.3 is 4.74 Å². The number of rotatable bonds is 4. The second-order valence-corrected chi connectivity index (χ2v) is 6.91. The van der Waals surface area contributed by atoms with Crippen molar-refractivity contribution in [2.24, 2.45) is 0 Å². The molecular weight excluding hydrogens is 348 g/mol. The zero-order chi connectivity index (χ0) is 19.5. The number of carbonyl (C=O) groups excluding carboxylic acids is 1. The lowest BCUT2D eigenvalue weighted by Gasteiger charge is -2.12.